The highest BCUT2D eigenvalue weighted by Crippen LogP contribution is 2.36. The topological polar surface area (TPSA) is 49.4 Å². The highest BCUT2D eigenvalue weighted by molar-refractivity contribution is 7.20. The van der Waals surface area contributed by atoms with Crippen LogP contribution in [0.4, 0.5) is 10.1 Å². The van der Waals surface area contributed by atoms with Crippen LogP contribution in [0.2, 0.25) is 0 Å². The molecule has 4 nitrogen and oxygen atoms in total. The largest absolute Gasteiger partial charge is 0.371 e. The highest BCUT2D eigenvalue weighted by atomic mass is 32.1. The second-order valence-electron chi connectivity index (χ2n) is 7.95. The number of thiophene rings is 1. The normalized spacial score (nSPS) is 18.9. The molecule has 6 heteroatoms. The zero-order valence-electron chi connectivity index (χ0n) is 17.2. The standard InChI is InChI=1S/C24H25FN2O2S/c1-15(28)23-14-20-21(4-3-5-22(20)30-23)27(2)19-12-10-18(11-13-19)26-24(29)16-6-8-17(25)9-7-16/h3-9,14,18-19H,10-13H2,1-2H3,(H,26,29). The molecule has 4 rings (SSSR count). The third-order valence-corrected chi connectivity index (χ3v) is 7.15. The van der Waals surface area contributed by atoms with Gasteiger partial charge in [0, 0.05) is 40.5 Å². The quantitative estimate of drug-likeness (QED) is 0.557. The van der Waals surface area contributed by atoms with Crippen molar-refractivity contribution < 1.29 is 14.0 Å². The van der Waals surface area contributed by atoms with E-state index in [1.807, 2.05) is 12.1 Å². The molecule has 1 aliphatic carbocycles. The minimum atomic E-state index is -0.342. The number of carbonyl (C=O) groups is 2. The van der Waals surface area contributed by atoms with Gasteiger partial charge in [0.05, 0.1) is 4.88 Å². The van der Waals surface area contributed by atoms with Crippen LogP contribution in [0.25, 0.3) is 10.1 Å². The Morgan fingerprint density at radius 3 is 2.43 bits per heavy atom. The number of fused-ring (bicyclic) bond motifs is 1. The maximum Gasteiger partial charge on any atom is 0.251 e. The minimum Gasteiger partial charge on any atom is -0.371 e. The summed E-state index contributed by atoms with van der Waals surface area (Å²) >= 11 is 1.54. The van der Waals surface area contributed by atoms with Crippen molar-refractivity contribution in [3.8, 4) is 0 Å². The van der Waals surface area contributed by atoms with Gasteiger partial charge in [-0.3, -0.25) is 9.59 Å². The number of Topliss-reactive ketones (excluding diaryl/α,β-unsaturated/α-hetero) is 1. The Kier molecular flexibility index (Phi) is 5.86. The zero-order chi connectivity index (χ0) is 21.3. The molecule has 0 saturated heterocycles. The van der Waals surface area contributed by atoms with E-state index in [0.29, 0.717) is 11.6 Å². The van der Waals surface area contributed by atoms with E-state index in [1.54, 1.807) is 18.3 Å². The summed E-state index contributed by atoms with van der Waals surface area (Å²) in [6.45, 7) is 1.61. The molecule has 1 aromatic heterocycles. The molecule has 1 N–H and O–H groups in total. The van der Waals surface area contributed by atoms with Crippen LogP contribution in [0.1, 0.15) is 52.6 Å². The van der Waals surface area contributed by atoms with Crippen LogP contribution in [0.15, 0.2) is 48.5 Å². The molecule has 1 aliphatic rings. The van der Waals surface area contributed by atoms with Gasteiger partial charge in [-0.15, -0.1) is 11.3 Å². The molecular weight excluding hydrogens is 399 g/mol. The van der Waals surface area contributed by atoms with Gasteiger partial charge in [-0.2, -0.15) is 0 Å². The fraction of sp³-hybridized carbons (Fsp3) is 0.333. The average Bonchev–Trinajstić information content (AvgIpc) is 3.19. The number of nitrogens with one attached hydrogen (secondary N) is 1. The first-order valence-corrected chi connectivity index (χ1v) is 11.1. The lowest BCUT2D eigenvalue weighted by Gasteiger charge is -2.36. The summed E-state index contributed by atoms with van der Waals surface area (Å²) < 4.78 is 14.2. The number of hydrogen-bond donors (Lipinski definition) is 1. The number of benzene rings is 2. The van der Waals surface area contributed by atoms with Crippen LogP contribution < -0.4 is 10.2 Å². The number of nitrogens with zero attached hydrogens (tertiary/aromatic N) is 1. The molecule has 30 heavy (non-hydrogen) atoms. The van der Waals surface area contributed by atoms with Crippen molar-refractivity contribution >= 4 is 38.8 Å². The monoisotopic (exact) mass is 424 g/mol. The van der Waals surface area contributed by atoms with Gasteiger partial charge in [0.15, 0.2) is 5.78 Å². The van der Waals surface area contributed by atoms with E-state index in [4.69, 9.17) is 0 Å². The molecule has 0 radical (unpaired) electrons. The second kappa shape index (κ2) is 8.56. The fourth-order valence-corrected chi connectivity index (χ4v) is 5.18. The Morgan fingerprint density at radius 1 is 1.07 bits per heavy atom. The number of halogens is 1. The Balaban J connectivity index is 1.40. The molecule has 156 valence electrons. The molecular formula is C24H25FN2O2S. The van der Waals surface area contributed by atoms with Crippen molar-refractivity contribution in [2.24, 2.45) is 0 Å². The molecule has 1 amide bonds. The van der Waals surface area contributed by atoms with Gasteiger partial charge < -0.3 is 10.2 Å². The molecule has 0 unspecified atom stereocenters. The van der Waals surface area contributed by atoms with Gasteiger partial charge in [0.2, 0.25) is 0 Å². The molecule has 1 saturated carbocycles. The van der Waals surface area contributed by atoms with E-state index in [9.17, 15) is 14.0 Å². The Labute approximate surface area is 179 Å². The van der Waals surface area contributed by atoms with Crippen LogP contribution in [-0.2, 0) is 0 Å². The first-order chi connectivity index (χ1) is 14.4. The second-order valence-corrected chi connectivity index (χ2v) is 9.04. The zero-order valence-corrected chi connectivity index (χ0v) is 18.0. The smallest absolute Gasteiger partial charge is 0.251 e. The van der Waals surface area contributed by atoms with Gasteiger partial charge >= 0.3 is 0 Å². The SMILES string of the molecule is CC(=O)c1cc2c(N(C)C3CCC(NC(=O)c4ccc(F)cc4)CC3)cccc2s1. The molecule has 2 aromatic carbocycles. The van der Waals surface area contributed by atoms with Crippen molar-refractivity contribution in [1.82, 2.24) is 5.32 Å². The molecule has 0 bridgehead atoms. The van der Waals surface area contributed by atoms with Crippen molar-refractivity contribution in [3.63, 3.8) is 0 Å². The summed E-state index contributed by atoms with van der Waals surface area (Å²) in [5, 5.41) is 4.21. The summed E-state index contributed by atoms with van der Waals surface area (Å²) in [7, 11) is 2.11. The number of rotatable bonds is 5. The molecule has 0 atom stereocenters. The molecule has 3 aromatic rings. The molecule has 1 fully saturated rings. The maximum atomic E-state index is 13.1. The van der Waals surface area contributed by atoms with Gasteiger partial charge in [-0.1, -0.05) is 6.07 Å². The van der Waals surface area contributed by atoms with Crippen molar-refractivity contribution in [2.45, 2.75) is 44.7 Å². The van der Waals surface area contributed by atoms with Crippen LogP contribution >= 0.6 is 11.3 Å². The third kappa shape index (κ3) is 4.24. The van der Waals surface area contributed by atoms with Crippen LogP contribution in [0.3, 0.4) is 0 Å². The average molecular weight is 425 g/mol. The number of amides is 1. The lowest BCUT2D eigenvalue weighted by molar-refractivity contribution is 0.0925. The van der Waals surface area contributed by atoms with E-state index in [0.717, 1.165) is 46.3 Å². The maximum absolute atomic E-state index is 13.1. The molecule has 0 spiro atoms. The van der Waals surface area contributed by atoms with Gasteiger partial charge in [-0.25, -0.2) is 4.39 Å². The number of ketones is 1. The molecule has 1 heterocycles. The predicted octanol–water partition coefficient (Wildman–Crippen LogP) is 5.42. The Morgan fingerprint density at radius 2 is 1.77 bits per heavy atom. The summed E-state index contributed by atoms with van der Waals surface area (Å²) in [4.78, 5) is 27.3. The summed E-state index contributed by atoms with van der Waals surface area (Å²) in [6, 6.07) is 14.4. The van der Waals surface area contributed by atoms with Crippen LogP contribution in [0.5, 0.6) is 0 Å². The minimum absolute atomic E-state index is 0.0993. The van der Waals surface area contributed by atoms with E-state index in [1.165, 1.54) is 24.3 Å². The lowest BCUT2D eigenvalue weighted by Crippen LogP contribution is -2.43. The fourth-order valence-electron chi connectivity index (χ4n) is 4.20. The van der Waals surface area contributed by atoms with Crippen LogP contribution in [0, 0.1) is 5.82 Å². The Bertz CT molecular complexity index is 1070. The van der Waals surface area contributed by atoms with E-state index in [2.05, 4.69) is 29.4 Å². The van der Waals surface area contributed by atoms with Gasteiger partial charge in [0.25, 0.3) is 5.91 Å². The predicted molar refractivity (Wildman–Crippen MR) is 120 cm³/mol. The number of hydrogen-bond acceptors (Lipinski definition) is 4. The van der Waals surface area contributed by atoms with Crippen molar-refractivity contribution in [2.75, 3.05) is 11.9 Å². The van der Waals surface area contributed by atoms with Crippen LogP contribution in [-0.4, -0.2) is 30.8 Å². The molecule has 0 aliphatic heterocycles. The van der Waals surface area contributed by atoms with Crippen molar-refractivity contribution in [3.05, 3.63) is 64.8 Å². The van der Waals surface area contributed by atoms with Gasteiger partial charge in [0.1, 0.15) is 5.82 Å². The van der Waals surface area contributed by atoms with E-state index < -0.39 is 0 Å². The first kappa shape index (κ1) is 20.5. The van der Waals surface area contributed by atoms with Gasteiger partial charge in [-0.05, 0) is 75.1 Å². The number of carbonyl (C=O) groups excluding carboxylic acids is 2. The summed E-state index contributed by atoms with van der Waals surface area (Å²) in [5.41, 5.74) is 1.64. The highest BCUT2D eigenvalue weighted by Gasteiger charge is 2.26. The number of anilines is 1. The first-order valence-electron chi connectivity index (χ1n) is 10.2. The third-order valence-electron chi connectivity index (χ3n) is 5.95. The summed E-state index contributed by atoms with van der Waals surface area (Å²) in [6.07, 6.45) is 3.76. The van der Waals surface area contributed by atoms with E-state index in [-0.39, 0.29) is 23.5 Å². The lowest BCUT2D eigenvalue weighted by atomic mass is 9.89. The van der Waals surface area contributed by atoms with E-state index >= 15 is 0 Å². The summed E-state index contributed by atoms with van der Waals surface area (Å²) in [5.74, 6) is -0.389. The van der Waals surface area contributed by atoms with Crippen molar-refractivity contribution in [1.29, 1.82) is 0 Å². The Hall–Kier alpha value is -2.73.